The van der Waals surface area contributed by atoms with E-state index >= 15 is 0 Å². The number of aromatic carboxylic acids is 1. The van der Waals surface area contributed by atoms with Crippen molar-refractivity contribution in [2.45, 2.75) is 25.3 Å². The van der Waals surface area contributed by atoms with Gasteiger partial charge in [0.2, 0.25) is 10.0 Å². The van der Waals surface area contributed by atoms with E-state index in [0.717, 1.165) is 0 Å². The lowest BCUT2D eigenvalue weighted by Gasteiger charge is -2.07. The Balaban J connectivity index is 2.30. The van der Waals surface area contributed by atoms with Crippen molar-refractivity contribution in [1.82, 2.24) is 14.7 Å². The Bertz CT molecular complexity index is 766. The van der Waals surface area contributed by atoms with Crippen molar-refractivity contribution in [3.63, 3.8) is 0 Å². The van der Waals surface area contributed by atoms with Gasteiger partial charge in [-0.3, -0.25) is 4.98 Å². The van der Waals surface area contributed by atoms with Gasteiger partial charge in [-0.1, -0.05) is 6.07 Å². The van der Waals surface area contributed by atoms with Crippen molar-refractivity contribution < 1.29 is 18.3 Å². The number of nitrogens with zero attached hydrogens (tertiary/aromatic N) is 1. The van der Waals surface area contributed by atoms with Crippen molar-refractivity contribution in [2.24, 2.45) is 0 Å². The van der Waals surface area contributed by atoms with Crippen LogP contribution >= 0.6 is 0 Å². The first kappa shape index (κ1) is 15.2. The Morgan fingerprint density at radius 1 is 1.43 bits per heavy atom. The maximum atomic E-state index is 12.3. The number of sulfonamides is 1. The van der Waals surface area contributed by atoms with E-state index < -0.39 is 16.0 Å². The number of carboxylic acids is 1. The van der Waals surface area contributed by atoms with Crippen LogP contribution in [-0.4, -0.2) is 29.5 Å². The number of nitrogens with one attached hydrogen (secondary N) is 2. The summed E-state index contributed by atoms with van der Waals surface area (Å²) in [6.45, 7) is 3.08. The highest BCUT2D eigenvalue weighted by atomic mass is 32.2. The molecule has 0 bridgehead atoms. The van der Waals surface area contributed by atoms with Gasteiger partial charge >= 0.3 is 5.97 Å². The van der Waals surface area contributed by atoms with E-state index in [0.29, 0.717) is 11.3 Å². The van der Waals surface area contributed by atoms with Crippen LogP contribution in [-0.2, 0) is 16.6 Å². The minimum Gasteiger partial charge on any atom is -0.477 e. The van der Waals surface area contributed by atoms with E-state index in [1.165, 1.54) is 13.8 Å². The summed E-state index contributed by atoms with van der Waals surface area (Å²) < 4.78 is 27.1. The van der Waals surface area contributed by atoms with Crippen molar-refractivity contribution >= 4 is 16.0 Å². The van der Waals surface area contributed by atoms with Gasteiger partial charge in [0.15, 0.2) is 0 Å². The number of rotatable bonds is 5. The third-order valence-corrected chi connectivity index (χ3v) is 4.71. The number of aromatic amines is 1. The number of hydrogen-bond donors (Lipinski definition) is 3. The Labute approximate surface area is 122 Å². The maximum Gasteiger partial charge on any atom is 0.352 e. The molecular weight excluding hydrogens is 294 g/mol. The van der Waals surface area contributed by atoms with Crippen molar-refractivity contribution in [2.75, 3.05) is 0 Å². The fraction of sp³-hybridized carbons (Fsp3) is 0.231. The van der Waals surface area contributed by atoms with Crippen LogP contribution in [0.5, 0.6) is 0 Å². The fourth-order valence-corrected chi connectivity index (χ4v) is 3.56. The molecule has 21 heavy (non-hydrogen) atoms. The number of carbonyl (C=O) groups is 1. The average Bonchev–Trinajstić information content (AvgIpc) is 2.74. The van der Waals surface area contributed by atoms with Crippen LogP contribution in [0, 0.1) is 13.8 Å². The lowest BCUT2D eigenvalue weighted by molar-refractivity contribution is 0.0690. The van der Waals surface area contributed by atoms with Gasteiger partial charge in [-0.2, -0.15) is 0 Å². The standard InChI is InChI=1S/C13H15N3O4S/c1-8-11(13(17)18)16-9(2)12(8)21(19,20)15-7-10-4-3-5-14-6-10/h3-6,15-16H,7H2,1-2H3,(H,17,18). The molecule has 0 aromatic carbocycles. The molecule has 2 rings (SSSR count). The van der Waals surface area contributed by atoms with Gasteiger partial charge in [0.25, 0.3) is 0 Å². The first-order valence-corrected chi connectivity index (χ1v) is 7.62. The zero-order valence-electron chi connectivity index (χ0n) is 11.5. The molecule has 8 heteroatoms. The minimum absolute atomic E-state index is 0.0243. The summed E-state index contributed by atoms with van der Waals surface area (Å²) >= 11 is 0. The van der Waals surface area contributed by atoms with Gasteiger partial charge in [0.05, 0.1) is 0 Å². The molecule has 0 aliphatic heterocycles. The minimum atomic E-state index is -3.80. The van der Waals surface area contributed by atoms with Gasteiger partial charge in [-0.05, 0) is 25.5 Å². The molecule has 0 spiro atoms. The molecule has 0 atom stereocenters. The van der Waals surface area contributed by atoms with E-state index in [9.17, 15) is 13.2 Å². The molecule has 0 aliphatic carbocycles. The van der Waals surface area contributed by atoms with Crippen LogP contribution in [0.2, 0.25) is 0 Å². The summed E-state index contributed by atoms with van der Waals surface area (Å²) in [6.07, 6.45) is 3.15. The molecule has 3 N–H and O–H groups in total. The molecule has 0 amide bonds. The molecule has 7 nitrogen and oxygen atoms in total. The number of H-pyrrole nitrogens is 1. The molecule has 0 saturated carbocycles. The van der Waals surface area contributed by atoms with E-state index in [1.807, 2.05) is 0 Å². The Morgan fingerprint density at radius 3 is 2.67 bits per heavy atom. The van der Waals surface area contributed by atoms with Crippen LogP contribution in [0.4, 0.5) is 0 Å². The molecule has 2 aromatic heterocycles. The fourth-order valence-electron chi connectivity index (χ4n) is 2.10. The monoisotopic (exact) mass is 309 g/mol. The van der Waals surface area contributed by atoms with E-state index in [2.05, 4.69) is 14.7 Å². The lowest BCUT2D eigenvalue weighted by atomic mass is 10.2. The second-order valence-electron chi connectivity index (χ2n) is 4.57. The van der Waals surface area contributed by atoms with E-state index in [4.69, 9.17) is 5.11 Å². The number of carboxylic acid groups (broad SMARTS) is 1. The molecule has 0 aliphatic rings. The van der Waals surface area contributed by atoms with Crippen LogP contribution < -0.4 is 4.72 Å². The highest BCUT2D eigenvalue weighted by Crippen LogP contribution is 2.23. The molecule has 0 saturated heterocycles. The van der Waals surface area contributed by atoms with Gasteiger partial charge in [-0.15, -0.1) is 0 Å². The summed E-state index contributed by atoms with van der Waals surface area (Å²) in [5, 5.41) is 9.02. The zero-order chi connectivity index (χ0) is 15.6. The third kappa shape index (κ3) is 3.11. The van der Waals surface area contributed by atoms with Crippen LogP contribution in [0.3, 0.4) is 0 Å². The predicted molar refractivity (Wildman–Crippen MR) is 75.5 cm³/mol. The topological polar surface area (TPSA) is 112 Å². The quantitative estimate of drug-likeness (QED) is 0.768. The maximum absolute atomic E-state index is 12.3. The third-order valence-electron chi connectivity index (χ3n) is 3.04. The summed E-state index contributed by atoms with van der Waals surface area (Å²) in [5.74, 6) is -1.19. The highest BCUT2D eigenvalue weighted by molar-refractivity contribution is 7.89. The van der Waals surface area contributed by atoms with E-state index in [-0.39, 0.29) is 22.7 Å². The number of aromatic nitrogens is 2. The molecule has 0 unspecified atom stereocenters. The van der Waals surface area contributed by atoms with Crippen LogP contribution in [0.25, 0.3) is 0 Å². The first-order valence-electron chi connectivity index (χ1n) is 6.14. The summed E-state index contributed by atoms with van der Waals surface area (Å²) in [4.78, 5) is 17.5. The highest BCUT2D eigenvalue weighted by Gasteiger charge is 2.26. The second-order valence-corrected chi connectivity index (χ2v) is 6.27. The molecule has 2 heterocycles. The molecule has 0 radical (unpaired) electrons. The van der Waals surface area contributed by atoms with E-state index in [1.54, 1.807) is 24.5 Å². The molecule has 112 valence electrons. The number of aryl methyl sites for hydroxylation is 1. The predicted octanol–water partition coefficient (Wildman–Crippen LogP) is 1.20. The van der Waals surface area contributed by atoms with Crippen molar-refractivity contribution in [3.05, 3.63) is 47.0 Å². The summed E-state index contributed by atoms with van der Waals surface area (Å²) in [6, 6.07) is 3.45. The van der Waals surface area contributed by atoms with Gasteiger partial charge in [-0.25, -0.2) is 17.9 Å². The largest absolute Gasteiger partial charge is 0.477 e. The van der Waals surface area contributed by atoms with Gasteiger partial charge in [0.1, 0.15) is 10.6 Å². The van der Waals surface area contributed by atoms with Crippen LogP contribution in [0.1, 0.15) is 27.3 Å². The zero-order valence-corrected chi connectivity index (χ0v) is 12.4. The number of pyridine rings is 1. The first-order chi connectivity index (χ1) is 9.83. The average molecular weight is 309 g/mol. The smallest absolute Gasteiger partial charge is 0.352 e. The van der Waals surface area contributed by atoms with Gasteiger partial charge < -0.3 is 10.1 Å². The SMILES string of the molecule is Cc1[nH]c(C(=O)O)c(C)c1S(=O)(=O)NCc1cccnc1. The van der Waals surface area contributed by atoms with Crippen molar-refractivity contribution in [3.8, 4) is 0 Å². The van der Waals surface area contributed by atoms with Gasteiger partial charge in [0, 0.05) is 30.2 Å². The Hall–Kier alpha value is -2.19. The second kappa shape index (κ2) is 5.66. The Kier molecular flexibility index (Phi) is 4.10. The molecule has 2 aromatic rings. The summed E-state index contributed by atoms with van der Waals surface area (Å²) in [5.41, 5.74) is 1.09. The Morgan fingerprint density at radius 2 is 2.14 bits per heavy atom. The lowest BCUT2D eigenvalue weighted by Crippen LogP contribution is -2.24. The van der Waals surface area contributed by atoms with Crippen molar-refractivity contribution in [1.29, 1.82) is 0 Å². The van der Waals surface area contributed by atoms with Crippen LogP contribution in [0.15, 0.2) is 29.4 Å². The molecular formula is C13H15N3O4S. The summed E-state index contributed by atoms with van der Waals surface area (Å²) in [7, 11) is -3.80. The molecule has 0 fully saturated rings. The number of hydrogen-bond acceptors (Lipinski definition) is 4. The normalized spacial score (nSPS) is 11.5.